The van der Waals surface area contributed by atoms with E-state index in [9.17, 15) is 18.7 Å². The molecule has 1 heterocycles. The van der Waals surface area contributed by atoms with E-state index in [0.29, 0.717) is 13.0 Å². The fraction of sp³-hybridized carbons (Fsp3) is 0.533. The van der Waals surface area contributed by atoms with Gasteiger partial charge in [0.2, 0.25) is 0 Å². The molecular formula is C15H19F2NO3. The first-order chi connectivity index (χ1) is 10.1. The van der Waals surface area contributed by atoms with Crippen molar-refractivity contribution >= 4 is 5.97 Å². The van der Waals surface area contributed by atoms with Gasteiger partial charge in [-0.15, -0.1) is 0 Å². The first-order valence-corrected chi connectivity index (χ1v) is 7.07. The average molecular weight is 299 g/mol. The van der Waals surface area contributed by atoms with Gasteiger partial charge in [-0.25, -0.2) is 0 Å². The van der Waals surface area contributed by atoms with E-state index < -0.39 is 18.6 Å². The summed E-state index contributed by atoms with van der Waals surface area (Å²) >= 11 is 0. The van der Waals surface area contributed by atoms with Crippen molar-refractivity contribution in [2.75, 3.05) is 6.54 Å². The van der Waals surface area contributed by atoms with E-state index in [1.54, 1.807) is 12.1 Å². The van der Waals surface area contributed by atoms with Crippen LogP contribution in [0.4, 0.5) is 8.78 Å². The average Bonchev–Trinajstić information content (AvgIpc) is 2.66. The Morgan fingerprint density at radius 1 is 1.29 bits per heavy atom. The van der Waals surface area contributed by atoms with Crippen molar-refractivity contribution in [3.8, 4) is 5.75 Å². The summed E-state index contributed by atoms with van der Waals surface area (Å²) in [5.41, 5.74) is 0.893. The van der Waals surface area contributed by atoms with E-state index in [1.165, 1.54) is 12.1 Å². The maximum atomic E-state index is 12.1. The maximum Gasteiger partial charge on any atom is 0.387 e. The lowest BCUT2D eigenvalue weighted by atomic mass is 10.1. The molecular weight excluding hydrogens is 280 g/mol. The van der Waals surface area contributed by atoms with Crippen molar-refractivity contribution in [2.24, 2.45) is 0 Å². The van der Waals surface area contributed by atoms with Crippen molar-refractivity contribution in [2.45, 2.75) is 44.9 Å². The molecule has 2 rings (SSSR count). The largest absolute Gasteiger partial charge is 0.480 e. The van der Waals surface area contributed by atoms with Crippen LogP contribution in [-0.4, -0.2) is 35.2 Å². The minimum atomic E-state index is -2.84. The quantitative estimate of drug-likeness (QED) is 0.907. The summed E-state index contributed by atoms with van der Waals surface area (Å²) in [6, 6.07) is 5.89. The number of hydrogen-bond donors (Lipinski definition) is 1. The molecule has 0 bridgehead atoms. The molecule has 116 valence electrons. The van der Waals surface area contributed by atoms with Gasteiger partial charge in [0.25, 0.3) is 0 Å². The number of alkyl halides is 2. The van der Waals surface area contributed by atoms with Crippen LogP contribution in [0.2, 0.25) is 0 Å². The minimum absolute atomic E-state index is 0.111. The number of hydrogen-bond acceptors (Lipinski definition) is 3. The Balaban J connectivity index is 2.02. The predicted molar refractivity (Wildman–Crippen MR) is 73.4 cm³/mol. The molecule has 21 heavy (non-hydrogen) atoms. The molecule has 6 heteroatoms. The highest BCUT2D eigenvalue weighted by Gasteiger charge is 2.26. The number of ether oxygens (including phenoxy) is 1. The molecule has 1 aliphatic rings. The van der Waals surface area contributed by atoms with E-state index in [0.717, 1.165) is 31.4 Å². The highest BCUT2D eigenvalue weighted by atomic mass is 19.3. The van der Waals surface area contributed by atoms with Crippen LogP contribution in [-0.2, 0) is 11.3 Å². The lowest BCUT2D eigenvalue weighted by Gasteiger charge is -2.26. The zero-order valence-corrected chi connectivity index (χ0v) is 11.7. The molecule has 1 atom stereocenters. The van der Waals surface area contributed by atoms with Gasteiger partial charge in [-0.3, -0.25) is 9.69 Å². The number of halogens is 2. The van der Waals surface area contributed by atoms with E-state index in [-0.39, 0.29) is 5.75 Å². The Morgan fingerprint density at radius 2 is 2.00 bits per heavy atom. The first kappa shape index (κ1) is 15.7. The van der Waals surface area contributed by atoms with Gasteiger partial charge in [-0.2, -0.15) is 8.78 Å². The van der Waals surface area contributed by atoms with Crippen molar-refractivity contribution < 1.29 is 23.4 Å². The van der Waals surface area contributed by atoms with Gasteiger partial charge < -0.3 is 9.84 Å². The van der Waals surface area contributed by atoms with E-state index in [4.69, 9.17) is 0 Å². The predicted octanol–water partition coefficient (Wildman–Crippen LogP) is 3.12. The summed E-state index contributed by atoms with van der Waals surface area (Å²) in [6.45, 7) is -1.59. The Kier molecular flexibility index (Phi) is 5.50. The molecule has 0 aliphatic carbocycles. The topological polar surface area (TPSA) is 49.8 Å². The fourth-order valence-corrected chi connectivity index (χ4v) is 2.65. The van der Waals surface area contributed by atoms with Crippen LogP contribution in [0.25, 0.3) is 0 Å². The Hall–Kier alpha value is -1.69. The van der Waals surface area contributed by atoms with Crippen LogP contribution < -0.4 is 4.74 Å². The van der Waals surface area contributed by atoms with Gasteiger partial charge >= 0.3 is 12.6 Å². The summed E-state index contributed by atoms with van der Waals surface area (Å²) in [6.07, 6.45) is 3.61. The molecule has 1 N–H and O–H groups in total. The standard InChI is InChI=1S/C15H19F2NO3/c16-15(17)21-12-7-5-11(6-8-12)10-18-9-3-1-2-4-13(18)14(19)20/h5-8,13,15H,1-4,9-10H2,(H,19,20). The van der Waals surface area contributed by atoms with Gasteiger partial charge in [0.05, 0.1) is 0 Å². The molecule has 1 aromatic rings. The molecule has 0 spiro atoms. The highest BCUT2D eigenvalue weighted by molar-refractivity contribution is 5.73. The Morgan fingerprint density at radius 3 is 2.62 bits per heavy atom. The van der Waals surface area contributed by atoms with Crippen molar-refractivity contribution in [1.82, 2.24) is 4.90 Å². The molecule has 0 saturated carbocycles. The van der Waals surface area contributed by atoms with Crippen LogP contribution in [0.5, 0.6) is 5.75 Å². The Labute approximate surface area is 122 Å². The molecule has 0 radical (unpaired) electrons. The fourth-order valence-electron chi connectivity index (χ4n) is 2.65. The molecule has 0 amide bonds. The van der Waals surface area contributed by atoms with Crippen molar-refractivity contribution in [3.63, 3.8) is 0 Å². The van der Waals surface area contributed by atoms with Gasteiger partial charge in [0.15, 0.2) is 0 Å². The third kappa shape index (κ3) is 4.67. The normalized spacial score (nSPS) is 20.2. The van der Waals surface area contributed by atoms with E-state index in [1.807, 2.05) is 4.90 Å². The third-order valence-electron chi connectivity index (χ3n) is 3.68. The number of nitrogens with zero attached hydrogens (tertiary/aromatic N) is 1. The summed E-state index contributed by atoms with van der Waals surface area (Å²) in [5, 5.41) is 9.31. The molecule has 1 saturated heterocycles. The second kappa shape index (κ2) is 7.36. The van der Waals surface area contributed by atoms with Gasteiger partial charge in [0, 0.05) is 6.54 Å². The smallest absolute Gasteiger partial charge is 0.387 e. The zero-order valence-electron chi connectivity index (χ0n) is 11.7. The minimum Gasteiger partial charge on any atom is -0.480 e. The first-order valence-electron chi connectivity index (χ1n) is 7.07. The third-order valence-corrected chi connectivity index (χ3v) is 3.68. The van der Waals surface area contributed by atoms with Crippen LogP contribution in [0.15, 0.2) is 24.3 Å². The number of carbonyl (C=O) groups is 1. The monoisotopic (exact) mass is 299 g/mol. The van der Waals surface area contributed by atoms with Crippen LogP contribution in [0.3, 0.4) is 0 Å². The second-order valence-electron chi connectivity index (χ2n) is 5.20. The molecule has 1 unspecified atom stereocenters. The van der Waals surface area contributed by atoms with Gasteiger partial charge in [-0.1, -0.05) is 25.0 Å². The summed E-state index contributed by atoms with van der Waals surface area (Å²) in [7, 11) is 0. The number of likely N-dealkylation sites (tertiary alicyclic amines) is 1. The molecule has 1 aliphatic heterocycles. The van der Waals surface area contributed by atoms with Gasteiger partial charge in [0.1, 0.15) is 11.8 Å². The summed E-state index contributed by atoms with van der Waals surface area (Å²) < 4.78 is 28.5. The van der Waals surface area contributed by atoms with Crippen LogP contribution in [0.1, 0.15) is 31.2 Å². The molecule has 0 aromatic heterocycles. The SMILES string of the molecule is O=C(O)C1CCCCCN1Cc1ccc(OC(F)F)cc1. The second-order valence-corrected chi connectivity index (χ2v) is 5.20. The van der Waals surface area contributed by atoms with Crippen molar-refractivity contribution in [3.05, 3.63) is 29.8 Å². The van der Waals surface area contributed by atoms with Gasteiger partial charge in [-0.05, 0) is 37.1 Å². The summed E-state index contributed by atoms with van der Waals surface area (Å²) in [4.78, 5) is 13.3. The lowest BCUT2D eigenvalue weighted by Crippen LogP contribution is -2.40. The van der Waals surface area contributed by atoms with Crippen molar-refractivity contribution in [1.29, 1.82) is 0 Å². The van der Waals surface area contributed by atoms with Crippen LogP contribution >= 0.6 is 0 Å². The van der Waals surface area contributed by atoms with E-state index in [2.05, 4.69) is 4.74 Å². The number of carboxylic acids is 1. The maximum absolute atomic E-state index is 12.1. The molecule has 1 aromatic carbocycles. The molecule has 4 nitrogen and oxygen atoms in total. The highest BCUT2D eigenvalue weighted by Crippen LogP contribution is 2.21. The number of aliphatic carboxylic acids is 1. The lowest BCUT2D eigenvalue weighted by molar-refractivity contribution is -0.143. The molecule has 1 fully saturated rings. The van der Waals surface area contributed by atoms with E-state index >= 15 is 0 Å². The number of rotatable bonds is 5. The number of benzene rings is 1. The summed E-state index contributed by atoms with van der Waals surface area (Å²) in [5.74, 6) is -0.686. The van der Waals surface area contributed by atoms with Crippen LogP contribution in [0, 0.1) is 0 Å². The zero-order chi connectivity index (χ0) is 15.2. The Bertz CT molecular complexity index is 464. The number of carboxylic acid groups (broad SMARTS) is 1.